The number of benzene rings is 2. The van der Waals surface area contributed by atoms with Gasteiger partial charge in [-0.05, 0) is 55.3 Å². The van der Waals surface area contributed by atoms with Crippen molar-refractivity contribution in [3.05, 3.63) is 65.5 Å². The Morgan fingerprint density at radius 2 is 1.84 bits per heavy atom. The van der Waals surface area contributed by atoms with Gasteiger partial charge >= 0.3 is 0 Å². The van der Waals surface area contributed by atoms with Gasteiger partial charge in [0, 0.05) is 43.5 Å². The second kappa shape index (κ2) is 11.9. The van der Waals surface area contributed by atoms with Gasteiger partial charge in [-0.15, -0.1) is 24.0 Å². The third-order valence-electron chi connectivity index (χ3n) is 5.40. The average Bonchev–Trinajstić information content (AvgIpc) is 2.78. The molecule has 1 fully saturated rings. The summed E-state index contributed by atoms with van der Waals surface area (Å²) in [7, 11) is 0. The van der Waals surface area contributed by atoms with E-state index < -0.39 is 0 Å². The Kier molecular flexibility index (Phi) is 9.54. The van der Waals surface area contributed by atoms with E-state index in [2.05, 4.69) is 20.1 Å². The molecule has 168 valence electrons. The van der Waals surface area contributed by atoms with Gasteiger partial charge in [-0.2, -0.15) is 0 Å². The highest BCUT2D eigenvalue weighted by atomic mass is 127. The Morgan fingerprint density at radius 1 is 1.16 bits per heavy atom. The normalized spacial score (nSPS) is 15.3. The maximum atomic E-state index is 13.1. The number of anilines is 1. The number of nitrogens with one attached hydrogen (secondary N) is 1. The van der Waals surface area contributed by atoms with Crippen LogP contribution in [0.5, 0.6) is 0 Å². The Labute approximate surface area is 200 Å². The van der Waals surface area contributed by atoms with Crippen LogP contribution >= 0.6 is 24.0 Å². The van der Waals surface area contributed by atoms with Crippen molar-refractivity contribution in [2.75, 3.05) is 31.1 Å². The van der Waals surface area contributed by atoms with E-state index in [1.807, 2.05) is 38.1 Å². The van der Waals surface area contributed by atoms with Crippen molar-refractivity contribution in [3.63, 3.8) is 0 Å². The quantitative estimate of drug-likeness (QED) is 0.334. The van der Waals surface area contributed by atoms with Crippen molar-refractivity contribution < 1.29 is 9.18 Å². The van der Waals surface area contributed by atoms with E-state index in [1.54, 1.807) is 12.1 Å². The Morgan fingerprint density at radius 3 is 2.48 bits per heavy atom. The van der Waals surface area contributed by atoms with Crippen LogP contribution in [0.2, 0.25) is 0 Å². The maximum Gasteiger partial charge on any atom is 0.251 e. The van der Waals surface area contributed by atoms with Crippen molar-refractivity contribution in [1.29, 1.82) is 0 Å². The molecule has 1 saturated heterocycles. The summed E-state index contributed by atoms with van der Waals surface area (Å²) in [6, 6.07) is 14.2. The first-order valence-corrected chi connectivity index (χ1v) is 10.4. The fourth-order valence-corrected chi connectivity index (χ4v) is 3.34. The number of rotatable bonds is 6. The van der Waals surface area contributed by atoms with Crippen LogP contribution in [0.3, 0.4) is 0 Å². The summed E-state index contributed by atoms with van der Waals surface area (Å²) in [5, 5.41) is 2.98. The molecule has 3 rings (SSSR count). The number of hydrogen-bond acceptors (Lipinski definition) is 3. The summed E-state index contributed by atoms with van der Waals surface area (Å²) >= 11 is 0. The molecule has 3 N–H and O–H groups in total. The summed E-state index contributed by atoms with van der Waals surface area (Å²) in [6.45, 7) is 7.56. The van der Waals surface area contributed by atoms with Crippen molar-refractivity contribution in [2.45, 2.75) is 32.9 Å². The van der Waals surface area contributed by atoms with E-state index in [0.29, 0.717) is 18.1 Å². The standard InChI is InChI=1S/C23H30FN5O.HI/c1-3-17(2)27-22(30)19-6-4-5-18(15-19)16-26-23(25)29-13-11-28(12-14-29)21-9-7-20(24)8-10-21;/h4-10,15,17H,3,11-14,16H2,1-2H3,(H2,25,26)(H,27,30);1H. The van der Waals surface area contributed by atoms with Crippen molar-refractivity contribution in [3.8, 4) is 0 Å². The number of halogens is 2. The van der Waals surface area contributed by atoms with Gasteiger partial charge in [0.2, 0.25) is 0 Å². The molecule has 1 heterocycles. The first kappa shape index (κ1) is 24.9. The van der Waals surface area contributed by atoms with Gasteiger partial charge in [0.1, 0.15) is 5.82 Å². The Hall–Kier alpha value is -2.36. The highest BCUT2D eigenvalue weighted by molar-refractivity contribution is 14.0. The molecule has 31 heavy (non-hydrogen) atoms. The third-order valence-corrected chi connectivity index (χ3v) is 5.40. The van der Waals surface area contributed by atoms with Crippen LogP contribution in [0.15, 0.2) is 53.5 Å². The second-order valence-electron chi connectivity index (χ2n) is 7.61. The molecule has 1 aliphatic rings. The lowest BCUT2D eigenvalue weighted by molar-refractivity contribution is 0.0939. The molecular weight excluding hydrogens is 508 g/mol. The molecule has 2 aromatic carbocycles. The number of aliphatic imine (C=N–C) groups is 1. The van der Waals surface area contributed by atoms with Gasteiger partial charge in [0.25, 0.3) is 5.91 Å². The van der Waals surface area contributed by atoms with Crippen LogP contribution in [0, 0.1) is 5.82 Å². The fraction of sp³-hybridized carbons (Fsp3) is 0.391. The smallest absolute Gasteiger partial charge is 0.251 e. The summed E-state index contributed by atoms with van der Waals surface area (Å²) in [4.78, 5) is 21.1. The number of guanidine groups is 1. The van der Waals surface area contributed by atoms with E-state index in [0.717, 1.165) is 43.9 Å². The zero-order valence-electron chi connectivity index (χ0n) is 18.1. The number of carbonyl (C=O) groups is 1. The van der Waals surface area contributed by atoms with Crippen LogP contribution < -0.4 is 16.0 Å². The van der Waals surface area contributed by atoms with Gasteiger partial charge in [-0.3, -0.25) is 4.79 Å². The van der Waals surface area contributed by atoms with Crippen LogP contribution in [0.4, 0.5) is 10.1 Å². The van der Waals surface area contributed by atoms with Gasteiger partial charge in [-0.1, -0.05) is 19.1 Å². The van der Waals surface area contributed by atoms with Crippen LogP contribution in [-0.2, 0) is 6.54 Å². The Balaban J connectivity index is 0.00000341. The first-order chi connectivity index (χ1) is 14.5. The minimum atomic E-state index is -0.227. The largest absolute Gasteiger partial charge is 0.370 e. The fourth-order valence-electron chi connectivity index (χ4n) is 3.34. The topological polar surface area (TPSA) is 74.0 Å². The molecule has 1 aliphatic heterocycles. The molecule has 0 spiro atoms. The second-order valence-corrected chi connectivity index (χ2v) is 7.61. The molecule has 0 saturated carbocycles. The van der Waals surface area contributed by atoms with E-state index in [1.165, 1.54) is 12.1 Å². The van der Waals surface area contributed by atoms with Crippen molar-refractivity contribution >= 4 is 41.5 Å². The van der Waals surface area contributed by atoms with E-state index in [9.17, 15) is 9.18 Å². The zero-order valence-corrected chi connectivity index (χ0v) is 20.4. The predicted molar refractivity (Wildman–Crippen MR) is 135 cm³/mol. The third kappa shape index (κ3) is 7.09. The van der Waals surface area contributed by atoms with E-state index >= 15 is 0 Å². The van der Waals surface area contributed by atoms with Crippen molar-refractivity contribution in [2.24, 2.45) is 10.7 Å². The number of hydrogen-bond donors (Lipinski definition) is 2. The average molecular weight is 539 g/mol. The summed E-state index contributed by atoms with van der Waals surface area (Å²) in [6.07, 6.45) is 0.890. The maximum absolute atomic E-state index is 13.1. The molecule has 2 aromatic rings. The van der Waals surface area contributed by atoms with Crippen LogP contribution in [0.25, 0.3) is 0 Å². The number of nitrogens with zero attached hydrogens (tertiary/aromatic N) is 3. The molecule has 0 radical (unpaired) electrons. The lowest BCUT2D eigenvalue weighted by Crippen LogP contribution is -2.51. The summed E-state index contributed by atoms with van der Waals surface area (Å²) < 4.78 is 13.1. The van der Waals surface area contributed by atoms with Crippen molar-refractivity contribution in [1.82, 2.24) is 10.2 Å². The molecule has 6 nitrogen and oxygen atoms in total. The molecule has 0 bridgehead atoms. The molecule has 1 amide bonds. The van der Waals surface area contributed by atoms with Crippen LogP contribution in [-0.4, -0.2) is 49.0 Å². The van der Waals surface area contributed by atoms with Gasteiger partial charge in [0.15, 0.2) is 5.96 Å². The monoisotopic (exact) mass is 539 g/mol. The molecule has 1 atom stereocenters. The summed E-state index contributed by atoms with van der Waals surface area (Å²) in [5.74, 6) is 0.207. The highest BCUT2D eigenvalue weighted by Crippen LogP contribution is 2.17. The van der Waals surface area contributed by atoms with E-state index in [4.69, 9.17) is 5.73 Å². The zero-order chi connectivity index (χ0) is 21.5. The predicted octanol–water partition coefficient (Wildman–Crippen LogP) is 3.61. The lowest BCUT2D eigenvalue weighted by Gasteiger charge is -2.36. The Bertz CT molecular complexity index is 882. The van der Waals surface area contributed by atoms with Crippen LogP contribution in [0.1, 0.15) is 36.2 Å². The number of carbonyl (C=O) groups excluding carboxylic acids is 1. The number of nitrogens with two attached hydrogens (primary N) is 1. The van der Waals surface area contributed by atoms with Gasteiger partial charge in [-0.25, -0.2) is 9.38 Å². The molecule has 0 aromatic heterocycles. The molecule has 8 heteroatoms. The SMILES string of the molecule is CCC(C)NC(=O)c1cccc(CN=C(N)N2CCN(c3ccc(F)cc3)CC2)c1.I. The summed E-state index contributed by atoms with van der Waals surface area (Å²) in [5.41, 5.74) is 8.80. The van der Waals surface area contributed by atoms with E-state index in [-0.39, 0.29) is 41.7 Å². The first-order valence-electron chi connectivity index (χ1n) is 10.4. The number of piperazine rings is 1. The molecule has 0 aliphatic carbocycles. The molecular formula is C23H31FIN5O. The van der Waals surface area contributed by atoms with Gasteiger partial charge in [0.05, 0.1) is 6.54 Å². The van der Waals surface area contributed by atoms with Gasteiger partial charge < -0.3 is 20.9 Å². The highest BCUT2D eigenvalue weighted by Gasteiger charge is 2.18. The lowest BCUT2D eigenvalue weighted by atomic mass is 10.1. The number of amides is 1. The molecule has 1 unspecified atom stereocenters. The minimum absolute atomic E-state index is 0. The minimum Gasteiger partial charge on any atom is -0.370 e.